The summed E-state index contributed by atoms with van der Waals surface area (Å²) in [5.74, 6) is 0.991. The maximum absolute atomic E-state index is 6.28. The quantitative estimate of drug-likeness (QED) is 0.673. The average Bonchev–Trinajstić information content (AvgIpc) is 2.66. The van der Waals surface area contributed by atoms with Gasteiger partial charge in [-0.05, 0) is 31.5 Å². The second-order valence-electron chi connectivity index (χ2n) is 6.87. The number of rotatable bonds is 8. The SMILES string of the molecule is CCCCCOC1=c2ccccc2=NCN1N1CCN(CCC)CC1. The molecule has 0 saturated carbocycles. The van der Waals surface area contributed by atoms with Crippen molar-refractivity contribution in [2.75, 3.05) is 46.0 Å². The Morgan fingerprint density at radius 2 is 1.80 bits per heavy atom. The van der Waals surface area contributed by atoms with Gasteiger partial charge in [0, 0.05) is 26.2 Å². The number of benzene rings is 1. The van der Waals surface area contributed by atoms with Gasteiger partial charge in [0.15, 0.2) is 0 Å². The van der Waals surface area contributed by atoms with Gasteiger partial charge >= 0.3 is 0 Å². The van der Waals surface area contributed by atoms with E-state index in [-0.39, 0.29) is 0 Å². The topological polar surface area (TPSA) is 31.3 Å². The van der Waals surface area contributed by atoms with Crippen LogP contribution in [0.1, 0.15) is 39.5 Å². The number of ether oxygens (including phenoxy) is 1. The lowest BCUT2D eigenvalue weighted by molar-refractivity contribution is -0.0407. The fourth-order valence-corrected chi connectivity index (χ4v) is 3.55. The molecule has 0 atom stereocenters. The predicted molar refractivity (Wildman–Crippen MR) is 101 cm³/mol. The first-order chi connectivity index (χ1) is 12.3. The van der Waals surface area contributed by atoms with Gasteiger partial charge in [-0.2, -0.15) is 0 Å². The smallest absolute Gasteiger partial charge is 0.215 e. The highest BCUT2D eigenvalue weighted by Crippen LogP contribution is 2.15. The van der Waals surface area contributed by atoms with E-state index >= 15 is 0 Å². The van der Waals surface area contributed by atoms with Gasteiger partial charge in [0.1, 0.15) is 6.67 Å². The van der Waals surface area contributed by atoms with E-state index in [2.05, 4.69) is 53.0 Å². The first kappa shape index (κ1) is 18.2. The minimum absolute atomic E-state index is 0.661. The van der Waals surface area contributed by atoms with Crippen molar-refractivity contribution in [3.05, 3.63) is 34.8 Å². The fraction of sp³-hybridized carbons (Fsp3) is 0.650. The summed E-state index contributed by atoms with van der Waals surface area (Å²) in [4.78, 5) is 7.32. The van der Waals surface area contributed by atoms with Crippen LogP contribution in [0.25, 0.3) is 5.88 Å². The molecule has 0 amide bonds. The van der Waals surface area contributed by atoms with Crippen molar-refractivity contribution < 1.29 is 4.74 Å². The van der Waals surface area contributed by atoms with E-state index in [0.717, 1.165) is 55.7 Å². The molecule has 3 rings (SSSR count). The zero-order chi connectivity index (χ0) is 17.5. The summed E-state index contributed by atoms with van der Waals surface area (Å²) >= 11 is 0. The van der Waals surface area contributed by atoms with Gasteiger partial charge in [-0.15, -0.1) is 0 Å². The Balaban J connectivity index is 1.75. The monoisotopic (exact) mass is 344 g/mol. The van der Waals surface area contributed by atoms with Crippen LogP contribution in [0.4, 0.5) is 0 Å². The first-order valence-corrected chi connectivity index (χ1v) is 9.85. The van der Waals surface area contributed by atoms with Gasteiger partial charge < -0.3 is 9.64 Å². The van der Waals surface area contributed by atoms with Crippen LogP contribution in [-0.2, 0) is 4.74 Å². The molecular weight excluding hydrogens is 312 g/mol. The van der Waals surface area contributed by atoms with Crippen LogP contribution in [0, 0.1) is 0 Å². The van der Waals surface area contributed by atoms with E-state index in [0.29, 0.717) is 6.67 Å². The van der Waals surface area contributed by atoms with Crippen molar-refractivity contribution in [1.82, 2.24) is 14.9 Å². The summed E-state index contributed by atoms with van der Waals surface area (Å²) in [5, 5.41) is 6.85. The molecule has 0 N–H and O–H groups in total. The highest BCUT2D eigenvalue weighted by Gasteiger charge is 2.26. The van der Waals surface area contributed by atoms with Crippen molar-refractivity contribution in [2.45, 2.75) is 39.5 Å². The average molecular weight is 345 g/mol. The maximum atomic E-state index is 6.28. The van der Waals surface area contributed by atoms with Crippen LogP contribution < -0.4 is 10.6 Å². The number of hydrogen-bond donors (Lipinski definition) is 0. The van der Waals surface area contributed by atoms with Crippen LogP contribution in [-0.4, -0.2) is 60.9 Å². The highest BCUT2D eigenvalue weighted by atomic mass is 16.5. The Hall–Kier alpha value is -1.59. The molecule has 0 aromatic heterocycles. The second kappa shape index (κ2) is 9.20. The number of nitrogens with zero attached hydrogens (tertiary/aromatic N) is 4. The van der Waals surface area contributed by atoms with Gasteiger partial charge in [-0.1, -0.05) is 38.8 Å². The van der Waals surface area contributed by atoms with E-state index in [9.17, 15) is 0 Å². The number of fused-ring (bicyclic) bond motifs is 1. The van der Waals surface area contributed by atoms with E-state index in [4.69, 9.17) is 9.73 Å². The molecule has 138 valence electrons. The van der Waals surface area contributed by atoms with Crippen LogP contribution in [0.15, 0.2) is 29.3 Å². The molecule has 0 radical (unpaired) electrons. The Morgan fingerprint density at radius 1 is 1.00 bits per heavy atom. The lowest BCUT2D eigenvalue weighted by Crippen LogP contribution is -2.56. The normalized spacial score (nSPS) is 18.8. The van der Waals surface area contributed by atoms with E-state index in [1.54, 1.807) is 0 Å². The summed E-state index contributed by atoms with van der Waals surface area (Å²) in [6.07, 6.45) is 4.77. The van der Waals surface area contributed by atoms with Crippen LogP contribution >= 0.6 is 0 Å². The molecule has 25 heavy (non-hydrogen) atoms. The molecule has 1 aromatic carbocycles. The Kier molecular flexibility index (Phi) is 6.70. The molecule has 0 spiro atoms. The lowest BCUT2D eigenvalue weighted by Gasteiger charge is -2.42. The molecule has 0 unspecified atom stereocenters. The lowest BCUT2D eigenvalue weighted by atomic mass is 10.2. The number of hydrogen-bond acceptors (Lipinski definition) is 5. The largest absolute Gasteiger partial charge is 0.478 e. The summed E-state index contributed by atoms with van der Waals surface area (Å²) in [6.45, 7) is 11.4. The van der Waals surface area contributed by atoms with Crippen molar-refractivity contribution in [2.24, 2.45) is 4.99 Å². The molecule has 5 heteroatoms. The number of piperazine rings is 1. The van der Waals surface area contributed by atoms with Gasteiger partial charge in [0.2, 0.25) is 5.88 Å². The molecule has 0 bridgehead atoms. The van der Waals surface area contributed by atoms with Gasteiger partial charge in [-0.25, -0.2) is 5.01 Å². The van der Waals surface area contributed by atoms with Crippen molar-refractivity contribution in [3.63, 3.8) is 0 Å². The minimum atomic E-state index is 0.661. The highest BCUT2D eigenvalue weighted by molar-refractivity contribution is 5.35. The van der Waals surface area contributed by atoms with Gasteiger partial charge in [-0.3, -0.25) is 10.0 Å². The molecule has 2 heterocycles. The second-order valence-corrected chi connectivity index (χ2v) is 6.87. The van der Waals surface area contributed by atoms with Crippen LogP contribution in [0.5, 0.6) is 0 Å². The Bertz CT molecular complexity index is 652. The molecule has 1 fully saturated rings. The van der Waals surface area contributed by atoms with Crippen molar-refractivity contribution in [3.8, 4) is 0 Å². The third-order valence-corrected chi connectivity index (χ3v) is 4.96. The third kappa shape index (κ3) is 4.53. The Morgan fingerprint density at radius 3 is 2.56 bits per heavy atom. The zero-order valence-corrected chi connectivity index (χ0v) is 15.8. The predicted octanol–water partition coefficient (Wildman–Crippen LogP) is 1.79. The fourth-order valence-electron chi connectivity index (χ4n) is 3.55. The molecule has 2 aliphatic rings. The summed E-state index contributed by atoms with van der Waals surface area (Å²) in [6, 6.07) is 8.34. The zero-order valence-electron chi connectivity index (χ0n) is 15.8. The molecule has 5 nitrogen and oxygen atoms in total. The molecule has 0 aliphatic carbocycles. The number of hydrazine groups is 1. The van der Waals surface area contributed by atoms with Crippen molar-refractivity contribution in [1.29, 1.82) is 0 Å². The number of unbranched alkanes of at least 4 members (excludes halogenated alkanes) is 2. The van der Waals surface area contributed by atoms with E-state index < -0.39 is 0 Å². The summed E-state index contributed by atoms with van der Waals surface area (Å²) in [5.41, 5.74) is 0. The Labute approximate surface area is 151 Å². The molecular formula is C20H32N4O. The first-order valence-electron chi connectivity index (χ1n) is 9.85. The van der Waals surface area contributed by atoms with Crippen LogP contribution in [0.3, 0.4) is 0 Å². The maximum Gasteiger partial charge on any atom is 0.215 e. The van der Waals surface area contributed by atoms with Crippen molar-refractivity contribution >= 4 is 5.88 Å². The minimum Gasteiger partial charge on any atom is -0.478 e. The molecule has 2 aliphatic heterocycles. The molecule has 1 saturated heterocycles. The van der Waals surface area contributed by atoms with E-state index in [1.807, 2.05) is 0 Å². The van der Waals surface area contributed by atoms with Gasteiger partial charge in [0.25, 0.3) is 0 Å². The summed E-state index contributed by atoms with van der Waals surface area (Å²) < 4.78 is 6.28. The standard InChI is InChI=1S/C20H32N4O/c1-3-5-8-16-25-20-18-9-6-7-10-19(18)21-17-24(20)23-14-12-22(11-4-2)13-15-23/h6-7,9-10H,3-5,8,11-17H2,1-2H3. The molecule has 1 aromatic rings. The third-order valence-electron chi connectivity index (χ3n) is 4.96. The summed E-state index contributed by atoms with van der Waals surface area (Å²) in [7, 11) is 0. The van der Waals surface area contributed by atoms with E-state index in [1.165, 1.54) is 25.8 Å². The van der Waals surface area contributed by atoms with Gasteiger partial charge in [0.05, 0.1) is 17.2 Å². The number of para-hydroxylation sites is 1. The van der Waals surface area contributed by atoms with Crippen LogP contribution in [0.2, 0.25) is 0 Å².